The highest BCUT2D eigenvalue weighted by molar-refractivity contribution is 6.08. The third kappa shape index (κ3) is 5.52. The van der Waals surface area contributed by atoms with Gasteiger partial charge in [-0.15, -0.1) is 0 Å². The fourth-order valence-electron chi connectivity index (χ4n) is 4.18. The molecule has 1 heterocycles. The minimum absolute atomic E-state index is 0.112. The Balaban J connectivity index is 1.57. The number of carbonyl (C=O) groups excluding carboxylic acids is 2. The summed E-state index contributed by atoms with van der Waals surface area (Å²) in [6.45, 7) is 0.225. The van der Waals surface area contributed by atoms with E-state index in [0.717, 1.165) is 22.3 Å². The highest BCUT2D eigenvalue weighted by atomic mass is 16.5. The third-order valence-electron chi connectivity index (χ3n) is 5.96. The van der Waals surface area contributed by atoms with Gasteiger partial charge in [-0.2, -0.15) is 0 Å². The molecule has 5 rings (SSSR count). The van der Waals surface area contributed by atoms with Crippen LogP contribution in [0.2, 0.25) is 0 Å². The quantitative estimate of drug-likeness (QED) is 0.238. The van der Waals surface area contributed by atoms with E-state index in [1.54, 1.807) is 0 Å². The van der Waals surface area contributed by atoms with E-state index in [2.05, 4.69) is 4.98 Å². The van der Waals surface area contributed by atoms with E-state index in [4.69, 9.17) is 9.47 Å². The second-order valence-electron chi connectivity index (χ2n) is 8.48. The van der Waals surface area contributed by atoms with Crippen molar-refractivity contribution in [3.05, 3.63) is 144 Å². The van der Waals surface area contributed by atoms with Crippen LogP contribution in [-0.4, -0.2) is 16.9 Å². The Morgan fingerprint density at radius 1 is 0.486 bits per heavy atom. The van der Waals surface area contributed by atoms with E-state index >= 15 is 0 Å². The molecule has 0 aliphatic carbocycles. The number of hydrogen-bond donors (Lipinski definition) is 1. The first-order valence-electron chi connectivity index (χ1n) is 12.0. The Labute approximate surface area is 215 Å². The molecule has 0 bridgehead atoms. The Kier molecular flexibility index (Phi) is 7.23. The van der Waals surface area contributed by atoms with Crippen LogP contribution in [0.25, 0.3) is 22.3 Å². The van der Waals surface area contributed by atoms with Gasteiger partial charge in [0.1, 0.15) is 24.6 Å². The molecule has 1 N–H and O–H groups in total. The summed E-state index contributed by atoms with van der Waals surface area (Å²) >= 11 is 0. The molecule has 0 spiro atoms. The maximum Gasteiger partial charge on any atom is 0.355 e. The van der Waals surface area contributed by atoms with Gasteiger partial charge in [0.25, 0.3) is 0 Å². The van der Waals surface area contributed by atoms with E-state index in [0.29, 0.717) is 11.1 Å². The predicted molar refractivity (Wildman–Crippen MR) is 143 cm³/mol. The maximum absolute atomic E-state index is 13.4. The van der Waals surface area contributed by atoms with E-state index in [-0.39, 0.29) is 24.6 Å². The van der Waals surface area contributed by atoms with Gasteiger partial charge in [-0.1, -0.05) is 121 Å². The molecule has 0 aliphatic rings. The van der Waals surface area contributed by atoms with Crippen molar-refractivity contribution >= 4 is 11.9 Å². The summed E-state index contributed by atoms with van der Waals surface area (Å²) in [5.74, 6) is -1.11. The number of aromatic nitrogens is 1. The molecule has 0 radical (unpaired) electrons. The zero-order chi connectivity index (χ0) is 25.5. The van der Waals surface area contributed by atoms with E-state index < -0.39 is 11.9 Å². The molecule has 0 unspecified atom stereocenters. The lowest BCUT2D eigenvalue weighted by atomic mass is 9.94. The second kappa shape index (κ2) is 11.2. The van der Waals surface area contributed by atoms with Crippen molar-refractivity contribution < 1.29 is 19.1 Å². The summed E-state index contributed by atoms with van der Waals surface area (Å²) in [4.78, 5) is 29.9. The van der Waals surface area contributed by atoms with Crippen LogP contribution < -0.4 is 0 Å². The molecule has 5 nitrogen and oxygen atoms in total. The SMILES string of the molecule is O=C(OCc1ccccc1)c1[nH]c(C(=O)OCc2ccccc2)c(-c2ccccc2)c1-c1ccccc1. The van der Waals surface area contributed by atoms with Crippen LogP contribution in [0.3, 0.4) is 0 Å². The number of ether oxygens (including phenoxy) is 2. The van der Waals surface area contributed by atoms with Crippen LogP contribution in [0.5, 0.6) is 0 Å². The van der Waals surface area contributed by atoms with E-state index in [1.165, 1.54) is 0 Å². The van der Waals surface area contributed by atoms with Gasteiger partial charge < -0.3 is 14.5 Å². The summed E-state index contributed by atoms with van der Waals surface area (Å²) in [6.07, 6.45) is 0. The van der Waals surface area contributed by atoms with Crippen molar-refractivity contribution in [1.29, 1.82) is 0 Å². The fourth-order valence-corrected chi connectivity index (χ4v) is 4.18. The van der Waals surface area contributed by atoms with Crippen LogP contribution in [0.4, 0.5) is 0 Å². The first kappa shape index (κ1) is 23.8. The monoisotopic (exact) mass is 487 g/mol. The van der Waals surface area contributed by atoms with Gasteiger partial charge in [0.05, 0.1) is 0 Å². The van der Waals surface area contributed by atoms with Crippen LogP contribution in [0.1, 0.15) is 32.1 Å². The van der Waals surface area contributed by atoms with Gasteiger partial charge >= 0.3 is 11.9 Å². The summed E-state index contributed by atoms with van der Waals surface area (Å²) < 4.78 is 11.3. The molecule has 0 saturated carbocycles. The molecule has 0 atom stereocenters. The number of rotatable bonds is 8. The molecule has 4 aromatic carbocycles. The molecular weight excluding hydrogens is 462 g/mol. The van der Waals surface area contributed by atoms with Gasteiger partial charge in [-0.25, -0.2) is 9.59 Å². The number of H-pyrrole nitrogens is 1. The second-order valence-corrected chi connectivity index (χ2v) is 8.48. The molecule has 1 aromatic heterocycles. The summed E-state index contributed by atoms with van der Waals surface area (Å²) in [6, 6.07) is 37.9. The largest absolute Gasteiger partial charge is 0.456 e. The van der Waals surface area contributed by atoms with Crippen molar-refractivity contribution in [1.82, 2.24) is 4.98 Å². The molecule has 0 saturated heterocycles. The standard InChI is InChI=1S/C32H25NO4/c34-31(36-21-23-13-5-1-6-14-23)29-27(25-17-9-3-10-18-25)28(26-19-11-4-12-20-26)30(33-29)32(35)37-22-24-15-7-2-8-16-24/h1-20,33H,21-22H2. The van der Waals surface area contributed by atoms with Crippen molar-refractivity contribution in [2.45, 2.75) is 13.2 Å². The average Bonchev–Trinajstić information content (AvgIpc) is 3.38. The van der Waals surface area contributed by atoms with Gasteiger partial charge in [0, 0.05) is 11.1 Å². The lowest BCUT2D eigenvalue weighted by Gasteiger charge is -2.10. The number of benzene rings is 4. The maximum atomic E-state index is 13.4. The normalized spacial score (nSPS) is 10.6. The minimum atomic E-state index is -0.554. The van der Waals surface area contributed by atoms with Gasteiger partial charge in [-0.05, 0) is 22.3 Å². The summed E-state index contributed by atoms with van der Waals surface area (Å²) in [7, 11) is 0. The van der Waals surface area contributed by atoms with Gasteiger partial charge in [0.15, 0.2) is 0 Å². The van der Waals surface area contributed by atoms with Gasteiger partial charge in [-0.3, -0.25) is 0 Å². The van der Waals surface area contributed by atoms with Crippen molar-refractivity contribution in [2.75, 3.05) is 0 Å². The molecule has 0 fully saturated rings. The number of aromatic amines is 1. The van der Waals surface area contributed by atoms with Crippen LogP contribution >= 0.6 is 0 Å². The third-order valence-corrected chi connectivity index (χ3v) is 5.96. The van der Waals surface area contributed by atoms with Crippen molar-refractivity contribution in [2.24, 2.45) is 0 Å². The minimum Gasteiger partial charge on any atom is -0.456 e. The average molecular weight is 488 g/mol. The van der Waals surface area contributed by atoms with Crippen LogP contribution in [-0.2, 0) is 22.7 Å². The van der Waals surface area contributed by atoms with E-state index in [9.17, 15) is 9.59 Å². The smallest absolute Gasteiger partial charge is 0.355 e. The van der Waals surface area contributed by atoms with Crippen LogP contribution in [0, 0.1) is 0 Å². The Bertz CT molecular complexity index is 1360. The first-order valence-corrected chi connectivity index (χ1v) is 12.0. The number of hydrogen-bond acceptors (Lipinski definition) is 4. The van der Waals surface area contributed by atoms with Crippen LogP contribution in [0.15, 0.2) is 121 Å². The lowest BCUT2D eigenvalue weighted by molar-refractivity contribution is 0.0462. The first-order chi connectivity index (χ1) is 18.2. The Morgan fingerprint density at radius 2 is 0.811 bits per heavy atom. The van der Waals surface area contributed by atoms with Gasteiger partial charge in [0.2, 0.25) is 0 Å². The zero-order valence-electron chi connectivity index (χ0n) is 20.1. The summed E-state index contributed by atoms with van der Waals surface area (Å²) in [5.41, 5.74) is 4.90. The van der Waals surface area contributed by atoms with Crippen molar-refractivity contribution in [3.63, 3.8) is 0 Å². The molecular formula is C32H25NO4. The number of carbonyl (C=O) groups is 2. The van der Waals surface area contributed by atoms with E-state index in [1.807, 2.05) is 121 Å². The zero-order valence-corrected chi connectivity index (χ0v) is 20.1. The predicted octanol–water partition coefficient (Wildman–Crippen LogP) is 7.06. The molecule has 182 valence electrons. The topological polar surface area (TPSA) is 68.4 Å². The lowest BCUT2D eigenvalue weighted by Crippen LogP contribution is -2.09. The molecule has 0 amide bonds. The van der Waals surface area contributed by atoms with Crippen molar-refractivity contribution in [3.8, 4) is 22.3 Å². The molecule has 0 aliphatic heterocycles. The molecule has 37 heavy (non-hydrogen) atoms. The molecule has 5 aromatic rings. The fraction of sp³-hybridized carbons (Fsp3) is 0.0625. The highest BCUT2D eigenvalue weighted by Gasteiger charge is 2.29. The summed E-state index contributed by atoms with van der Waals surface area (Å²) in [5, 5.41) is 0. The Morgan fingerprint density at radius 3 is 1.16 bits per heavy atom. The number of nitrogens with one attached hydrogen (secondary N) is 1. The number of esters is 2. The highest BCUT2D eigenvalue weighted by Crippen LogP contribution is 2.39. The Hall–Kier alpha value is -4.90. The molecule has 5 heteroatoms.